The number of aromatic nitrogens is 1. The number of esters is 1. The molecule has 0 bridgehead atoms. The first-order valence-corrected chi connectivity index (χ1v) is 7.19. The van der Waals surface area contributed by atoms with Crippen molar-refractivity contribution in [2.45, 2.75) is 32.7 Å². The molecule has 2 heterocycles. The number of carbonyl (C=O) groups excluding carboxylic acids is 2. The lowest BCUT2D eigenvalue weighted by atomic mass is 9.98. The Morgan fingerprint density at radius 2 is 2.25 bits per heavy atom. The summed E-state index contributed by atoms with van der Waals surface area (Å²) in [6, 6.07) is 3.74. The van der Waals surface area contributed by atoms with E-state index in [0.29, 0.717) is 18.8 Å². The van der Waals surface area contributed by atoms with Gasteiger partial charge in [0.05, 0.1) is 13.0 Å². The molecule has 1 aromatic heterocycles. The number of likely N-dealkylation sites (tertiary alicyclic amines) is 1. The second kappa shape index (κ2) is 6.59. The Balaban J connectivity index is 2.08. The second-order valence-electron chi connectivity index (χ2n) is 5.20. The zero-order chi connectivity index (χ0) is 14.5. The summed E-state index contributed by atoms with van der Waals surface area (Å²) in [6.45, 7) is 4.09. The highest BCUT2D eigenvalue weighted by Crippen LogP contribution is 2.20. The van der Waals surface area contributed by atoms with E-state index in [-0.39, 0.29) is 17.8 Å². The molecular formula is C15H22N2O3. The molecule has 2 rings (SSSR count). The van der Waals surface area contributed by atoms with Gasteiger partial charge in [-0.3, -0.25) is 9.59 Å². The summed E-state index contributed by atoms with van der Waals surface area (Å²) in [5.74, 6) is -0.393. The van der Waals surface area contributed by atoms with Crippen LogP contribution in [-0.2, 0) is 16.1 Å². The summed E-state index contributed by atoms with van der Waals surface area (Å²) >= 11 is 0. The zero-order valence-electron chi connectivity index (χ0n) is 12.2. The lowest BCUT2D eigenvalue weighted by molar-refractivity contribution is -0.146. The van der Waals surface area contributed by atoms with Crippen molar-refractivity contribution in [3.63, 3.8) is 0 Å². The smallest absolute Gasteiger partial charge is 0.310 e. The van der Waals surface area contributed by atoms with Crippen LogP contribution in [-0.4, -0.2) is 41.5 Å². The van der Waals surface area contributed by atoms with Crippen molar-refractivity contribution in [1.82, 2.24) is 9.47 Å². The van der Waals surface area contributed by atoms with Crippen LogP contribution in [0.4, 0.5) is 0 Å². The zero-order valence-corrected chi connectivity index (χ0v) is 12.2. The largest absolute Gasteiger partial charge is 0.469 e. The maximum atomic E-state index is 12.6. The summed E-state index contributed by atoms with van der Waals surface area (Å²) < 4.78 is 6.76. The van der Waals surface area contributed by atoms with Gasteiger partial charge in [0.2, 0.25) is 0 Å². The van der Waals surface area contributed by atoms with Gasteiger partial charge >= 0.3 is 5.97 Å². The van der Waals surface area contributed by atoms with Crippen LogP contribution >= 0.6 is 0 Å². The standard InChI is InChI=1S/C15H22N2O3/c1-3-8-16-9-5-7-13(16)14(18)17-10-4-6-12(11-17)15(19)20-2/h5,7,9,12H,3-4,6,8,10-11H2,1-2H3/t12-/m0/s1. The van der Waals surface area contributed by atoms with Crippen molar-refractivity contribution in [1.29, 1.82) is 0 Å². The van der Waals surface area contributed by atoms with E-state index < -0.39 is 0 Å². The summed E-state index contributed by atoms with van der Waals surface area (Å²) in [6.07, 6.45) is 4.56. The molecule has 1 amide bonds. The van der Waals surface area contributed by atoms with E-state index in [0.717, 1.165) is 25.8 Å². The molecule has 20 heavy (non-hydrogen) atoms. The monoisotopic (exact) mass is 278 g/mol. The topological polar surface area (TPSA) is 51.5 Å². The number of hydrogen-bond donors (Lipinski definition) is 0. The van der Waals surface area contributed by atoms with Crippen LogP contribution < -0.4 is 0 Å². The fourth-order valence-corrected chi connectivity index (χ4v) is 2.73. The number of hydrogen-bond acceptors (Lipinski definition) is 3. The van der Waals surface area contributed by atoms with E-state index in [4.69, 9.17) is 4.74 Å². The third-order valence-corrected chi connectivity index (χ3v) is 3.76. The Hall–Kier alpha value is -1.78. The number of nitrogens with zero attached hydrogens (tertiary/aromatic N) is 2. The molecule has 1 atom stereocenters. The minimum atomic E-state index is -0.216. The van der Waals surface area contributed by atoms with Gasteiger partial charge in [0.25, 0.3) is 5.91 Å². The lowest BCUT2D eigenvalue weighted by Gasteiger charge is -2.31. The Morgan fingerprint density at radius 1 is 1.45 bits per heavy atom. The van der Waals surface area contributed by atoms with Crippen LogP contribution in [0.3, 0.4) is 0 Å². The molecule has 0 unspecified atom stereocenters. The molecule has 1 aliphatic rings. The molecule has 0 aliphatic carbocycles. The first-order chi connectivity index (χ1) is 9.67. The highest BCUT2D eigenvalue weighted by Gasteiger charge is 2.30. The fourth-order valence-electron chi connectivity index (χ4n) is 2.73. The highest BCUT2D eigenvalue weighted by molar-refractivity contribution is 5.93. The second-order valence-corrected chi connectivity index (χ2v) is 5.20. The van der Waals surface area contributed by atoms with Gasteiger partial charge < -0.3 is 14.2 Å². The van der Waals surface area contributed by atoms with Crippen molar-refractivity contribution in [3.8, 4) is 0 Å². The van der Waals surface area contributed by atoms with Gasteiger partial charge in [-0.1, -0.05) is 6.92 Å². The van der Waals surface area contributed by atoms with E-state index in [1.807, 2.05) is 22.9 Å². The van der Waals surface area contributed by atoms with E-state index in [1.165, 1.54) is 7.11 Å². The van der Waals surface area contributed by atoms with Gasteiger partial charge in [0.15, 0.2) is 0 Å². The van der Waals surface area contributed by atoms with Gasteiger partial charge in [-0.05, 0) is 31.4 Å². The van der Waals surface area contributed by atoms with Gasteiger partial charge in [-0.2, -0.15) is 0 Å². The number of methoxy groups -OCH3 is 1. The van der Waals surface area contributed by atoms with Crippen LogP contribution in [0.5, 0.6) is 0 Å². The third-order valence-electron chi connectivity index (χ3n) is 3.76. The predicted octanol–water partition coefficient (Wildman–Crippen LogP) is 1.92. The maximum Gasteiger partial charge on any atom is 0.310 e. The summed E-state index contributed by atoms with van der Waals surface area (Å²) in [5.41, 5.74) is 0.706. The Bertz CT molecular complexity index is 481. The SMILES string of the molecule is CCCn1cccc1C(=O)N1CCC[C@H](C(=O)OC)C1. The van der Waals surface area contributed by atoms with Gasteiger partial charge in [0.1, 0.15) is 5.69 Å². The lowest BCUT2D eigenvalue weighted by Crippen LogP contribution is -2.43. The molecule has 0 N–H and O–H groups in total. The molecule has 0 radical (unpaired) electrons. The molecule has 0 spiro atoms. The average Bonchev–Trinajstić information content (AvgIpc) is 2.94. The van der Waals surface area contributed by atoms with E-state index >= 15 is 0 Å². The van der Waals surface area contributed by atoms with Crippen LogP contribution in [0, 0.1) is 5.92 Å². The van der Waals surface area contributed by atoms with Crippen molar-refractivity contribution in [2.75, 3.05) is 20.2 Å². The van der Waals surface area contributed by atoms with E-state index in [1.54, 1.807) is 4.90 Å². The van der Waals surface area contributed by atoms with Gasteiger partial charge in [0, 0.05) is 25.8 Å². The number of ether oxygens (including phenoxy) is 1. The minimum absolute atomic E-state index is 0.0112. The van der Waals surface area contributed by atoms with Crippen LogP contribution in [0.1, 0.15) is 36.7 Å². The molecule has 1 saturated heterocycles. The van der Waals surface area contributed by atoms with Crippen molar-refractivity contribution in [2.24, 2.45) is 5.92 Å². The Labute approximate surface area is 119 Å². The Morgan fingerprint density at radius 3 is 2.95 bits per heavy atom. The normalized spacial score (nSPS) is 18.9. The molecule has 1 aliphatic heterocycles. The summed E-state index contributed by atoms with van der Waals surface area (Å²) in [5, 5.41) is 0. The Kier molecular flexibility index (Phi) is 4.82. The van der Waals surface area contributed by atoms with Crippen molar-refractivity contribution >= 4 is 11.9 Å². The maximum absolute atomic E-state index is 12.6. The van der Waals surface area contributed by atoms with Gasteiger partial charge in [-0.25, -0.2) is 0 Å². The molecule has 0 saturated carbocycles. The number of amides is 1. The molecule has 5 heteroatoms. The first-order valence-electron chi connectivity index (χ1n) is 7.19. The van der Waals surface area contributed by atoms with Crippen molar-refractivity contribution < 1.29 is 14.3 Å². The van der Waals surface area contributed by atoms with Crippen LogP contribution in [0.15, 0.2) is 18.3 Å². The number of piperidine rings is 1. The molecule has 0 aromatic carbocycles. The number of rotatable bonds is 4. The minimum Gasteiger partial charge on any atom is -0.469 e. The molecule has 110 valence electrons. The first kappa shape index (κ1) is 14.6. The van der Waals surface area contributed by atoms with Crippen LogP contribution in [0.2, 0.25) is 0 Å². The molecule has 5 nitrogen and oxygen atoms in total. The van der Waals surface area contributed by atoms with E-state index in [2.05, 4.69) is 6.92 Å². The van der Waals surface area contributed by atoms with Crippen LogP contribution in [0.25, 0.3) is 0 Å². The number of carbonyl (C=O) groups is 2. The highest BCUT2D eigenvalue weighted by atomic mass is 16.5. The summed E-state index contributed by atoms with van der Waals surface area (Å²) in [4.78, 5) is 26.0. The average molecular weight is 278 g/mol. The molecular weight excluding hydrogens is 256 g/mol. The van der Waals surface area contributed by atoms with E-state index in [9.17, 15) is 9.59 Å². The third kappa shape index (κ3) is 3.03. The van der Waals surface area contributed by atoms with Gasteiger partial charge in [-0.15, -0.1) is 0 Å². The molecule has 1 fully saturated rings. The molecule has 1 aromatic rings. The fraction of sp³-hybridized carbons (Fsp3) is 0.600. The summed E-state index contributed by atoms with van der Waals surface area (Å²) in [7, 11) is 1.40. The van der Waals surface area contributed by atoms with Crippen molar-refractivity contribution in [3.05, 3.63) is 24.0 Å². The predicted molar refractivity (Wildman–Crippen MR) is 75.4 cm³/mol. The number of aryl methyl sites for hydroxylation is 1. The quantitative estimate of drug-likeness (QED) is 0.791.